The molecular weight excluding hydrogens is 573 g/mol. The fraction of sp³-hybridized carbons (Fsp3) is 0.676. The number of nitrogens with zero attached hydrogens (tertiary/aromatic N) is 1. The molecule has 7 nitrogen and oxygen atoms in total. The molecule has 2 bridgehead atoms. The van der Waals surface area contributed by atoms with Gasteiger partial charge in [0.15, 0.2) is 22.4 Å². The Bertz CT molecular complexity index is 1330. The van der Waals surface area contributed by atoms with Gasteiger partial charge < -0.3 is 19.3 Å². The van der Waals surface area contributed by atoms with Crippen molar-refractivity contribution in [1.82, 2.24) is 0 Å². The smallest absolute Gasteiger partial charge is 0.322 e. The zero-order valence-corrected chi connectivity index (χ0v) is 30.7. The Morgan fingerprint density at radius 3 is 2.09 bits per heavy atom. The van der Waals surface area contributed by atoms with E-state index in [0.717, 1.165) is 0 Å². The number of carboxylic acid groups (broad SMARTS) is 1. The highest BCUT2D eigenvalue weighted by atomic mass is 28.4. The lowest BCUT2D eigenvalue weighted by molar-refractivity contribution is -0.134. The standard InChI is InChI=1S/C34H54N2O5Si2/c1-15-33(10)25(40-42(11,12)30(2,3)4)19-23-29(41-43(13,14)31(5,6)7)34(33,21-35)22-17-16-18-24(36-20-26(37)38)27(22)28(39)32(23,8)9/h15-18,23,25,29,36H,1,19-20H2,2-14H3,(H,37,38)/t23-,25+,29-,33-,34-/m1/s1. The van der Waals surface area contributed by atoms with Gasteiger partial charge in [-0.25, -0.2) is 0 Å². The zero-order valence-electron chi connectivity index (χ0n) is 28.7. The molecule has 0 spiro atoms. The molecule has 5 atom stereocenters. The van der Waals surface area contributed by atoms with Gasteiger partial charge in [-0.2, -0.15) is 5.26 Å². The summed E-state index contributed by atoms with van der Waals surface area (Å²) in [5.41, 5.74) is -1.90. The number of carboxylic acids is 1. The molecule has 2 N–H and O–H groups in total. The Hall–Kier alpha value is -2.26. The number of fused-ring (bicyclic) bond motifs is 4. The number of carbonyl (C=O) groups excluding carboxylic acids is 1. The molecule has 0 unspecified atom stereocenters. The van der Waals surface area contributed by atoms with Crippen LogP contribution in [0.15, 0.2) is 30.9 Å². The normalized spacial score (nSPS) is 29.2. The maximum absolute atomic E-state index is 14.8. The summed E-state index contributed by atoms with van der Waals surface area (Å²) < 4.78 is 14.6. The highest BCUT2D eigenvalue weighted by Gasteiger charge is 2.70. The van der Waals surface area contributed by atoms with Crippen LogP contribution < -0.4 is 5.32 Å². The van der Waals surface area contributed by atoms with Crippen molar-refractivity contribution >= 4 is 34.1 Å². The summed E-state index contributed by atoms with van der Waals surface area (Å²) in [5.74, 6) is -1.51. The van der Waals surface area contributed by atoms with Crippen LogP contribution >= 0.6 is 0 Å². The number of hydrogen-bond donors (Lipinski definition) is 2. The third-order valence-corrected chi connectivity index (χ3v) is 20.5. The Morgan fingerprint density at radius 1 is 1.09 bits per heavy atom. The number of Topliss-reactive ketones (excluding diaryl/α,β-unsaturated/α-hetero) is 1. The van der Waals surface area contributed by atoms with E-state index in [9.17, 15) is 20.0 Å². The predicted octanol–water partition coefficient (Wildman–Crippen LogP) is 8.16. The van der Waals surface area contributed by atoms with Crippen molar-refractivity contribution in [3.63, 3.8) is 0 Å². The van der Waals surface area contributed by atoms with Gasteiger partial charge in [0.25, 0.3) is 0 Å². The maximum atomic E-state index is 14.8. The molecule has 1 fully saturated rings. The molecular formula is C34H54N2O5Si2. The van der Waals surface area contributed by atoms with Crippen molar-refractivity contribution in [3.05, 3.63) is 42.0 Å². The van der Waals surface area contributed by atoms with E-state index in [1.165, 1.54) is 0 Å². The van der Waals surface area contributed by atoms with E-state index >= 15 is 0 Å². The molecule has 2 aliphatic rings. The second-order valence-corrected chi connectivity index (χ2v) is 26.0. The van der Waals surface area contributed by atoms with Gasteiger partial charge in [0.2, 0.25) is 0 Å². The van der Waals surface area contributed by atoms with E-state index < -0.39 is 51.1 Å². The lowest BCUT2D eigenvalue weighted by Crippen LogP contribution is -2.68. The molecule has 43 heavy (non-hydrogen) atoms. The van der Waals surface area contributed by atoms with E-state index in [1.54, 1.807) is 12.1 Å². The van der Waals surface area contributed by atoms with Crippen LogP contribution in [-0.2, 0) is 19.1 Å². The van der Waals surface area contributed by atoms with E-state index in [-0.39, 0.29) is 28.3 Å². The average Bonchev–Trinajstić information content (AvgIpc) is 2.90. The van der Waals surface area contributed by atoms with Crippen LogP contribution in [0.25, 0.3) is 0 Å². The lowest BCUT2D eigenvalue weighted by Gasteiger charge is -2.61. The second kappa shape index (κ2) is 11.0. The van der Waals surface area contributed by atoms with Gasteiger partial charge in [-0.1, -0.05) is 80.5 Å². The largest absolute Gasteiger partial charge is 0.480 e. The molecule has 0 aromatic heterocycles. The fourth-order valence-electron chi connectivity index (χ4n) is 6.42. The molecule has 0 aliphatic heterocycles. The van der Waals surface area contributed by atoms with Gasteiger partial charge in [0.05, 0.1) is 18.3 Å². The number of nitriles is 1. The highest BCUT2D eigenvalue weighted by molar-refractivity contribution is 6.74. The molecule has 0 amide bonds. The molecule has 1 aromatic carbocycles. The Morgan fingerprint density at radius 2 is 1.63 bits per heavy atom. The van der Waals surface area contributed by atoms with Crippen molar-refractivity contribution in [2.75, 3.05) is 11.9 Å². The van der Waals surface area contributed by atoms with Crippen molar-refractivity contribution in [2.45, 2.75) is 123 Å². The van der Waals surface area contributed by atoms with Crippen molar-refractivity contribution < 1.29 is 23.5 Å². The van der Waals surface area contributed by atoms with E-state index in [4.69, 9.17) is 8.85 Å². The summed E-state index contributed by atoms with van der Waals surface area (Å²) in [6.07, 6.45) is 1.36. The zero-order chi connectivity index (χ0) is 33.2. The van der Waals surface area contributed by atoms with Crippen LogP contribution in [0.2, 0.25) is 36.3 Å². The molecule has 3 rings (SSSR count). The number of benzene rings is 1. The van der Waals surface area contributed by atoms with Gasteiger partial charge in [-0.15, -0.1) is 6.58 Å². The number of aliphatic carboxylic acids is 1. The third kappa shape index (κ3) is 5.47. The summed E-state index contributed by atoms with van der Waals surface area (Å²) in [6, 6.07) is 8.17. The van der Waals surface area contributed by atoms with Crippen molar-refractivity contribution in [1.29, 1.82) is 5.26 Å². The van der Waals surface area contributed by atoms with E-state index in [2.05, 4.69) is 85.7 Å². The molecule has 238 valence electrons. The molecule has 0 saturated heterocycles. The van der Waals surface area contributed by atoms with Gasteiger partial charge in [-0.05, 0) is 54.3 Å². The first kappa shape index (κ1) is 35.2. The molecule has 0 radical (unpaired) electrons. The van der Waals surface area contributed by atoms with Gasteiger partial charge in [0, 0.05) is 28.0 Å². The summed E-state index contributed by atoms with van der Waals surface area (Å²) in [5, 5.41) is 23.9. The fourth-order valence-corrected chi connectivity index (χ4v) is 9.15. The number of anilines is 1. The number of nitrogens with one attached hydrogen (secondary N) is 1. The Labute approximate surface area is 261 Å². The number of rotatable bonds is 8. The molecule has 9 heteroatoms. The Kier molecular flexibility index (Phi) is 8.99. The quantitative estimate of drug-likeness (QED) is 0.221. The number of ketones is 1. The third-order valence-electron chi connectivity index (χ3n) is 11.5. The second-order valence-electron chi connectivity index (χ2n) is 16.4. The van der Waals surface area contributed by atoms with E-state index in [1.807, 2.05) is 32.9 Å². The first-order valence-corrected chi connectivity index (χ1v) is 21.2. The summed E-state index contributed by atoms with van der Waals surface area (Å²) in [7, 11) is -4.84. The van der Waals surface area contributed by atoms with Gasteiger partial charge in [-0.3, -0.25) is 9.59 Å². The summed E-state index contributed by atoms with van der Waals surface area (Å²) in [6.45, 7) is 31.9. The average molecular weight is 627 g/mol. The maximum Gasteiger partial charge on any atom is 0.322 e. The van der Waals surface area contributed by atoms with Crippen LogP contribution in [0.5, 0.6) is 0 Å². The first-order chi connectivity index (χ1) is 19.4. The molecule has 2 aliphatic carbocycles. The predicted molar refractivity (Wildman–Crippen MR) is 179 cm³/mol. The SMILES string of the molecule is C=C[C@]1(C)[C@@H](O[Si](C)(C)C(C)(C)C)C[C@@H]2[C@@H](O[Si](C)(C)C(C)(C)C)[C@@]1(C#N)c1cccc(NCC(=O)O)c1C(=O)C2(C)C. The topological polar surface area (TPSA) is 109 Å². The highest BCUT2D eigenvalue weighted by Crippen LogP contribution is 2.64. The minimum absolute atomic E-state index is 0.0777. The van der Waals surface area contributed by atoms with Crippen molar-refractivity contribution in [2.24, 2.45) is 16.7 Å². The van der Waals surface area contributed by atoms with Crippen molar-refractivity contribution in [3.8, 4) is 6.07 Å². The van der Waals surface area contributed by atoms with E-state index in [0.29, 0.717) is 23.2 Å². The summed E-state index contributed by atoms with van der Waals surface area (Å²) in [4.78, 5) is 26.4. The van der Waals surface area contributed by atoms with Crippen LogP contribution in [0.3, 0.4) is 0 Å². The van der Waals surface area contributed by atoms with Crippen LogP contribution in [0.4, 0.5) is 5.69 Å². The molecule has 1 saturated carbocycles. The van der Waals surface area contributed by atoms with Crippen LogP contribution in [-0.4, -0.2) is 52.2 Å². The van der Waals surface area contributed by atoms with Crippen LogP contribution in [0.1, 0.15) is 84.7 Å². The van der Waals surface area contributed by atoms with Gasteiger partial charge >= 0.3 is 5.97 Å². The minimum Gasteiger partial charge on any atom is -0.480 e. The lowest BCUT2D eigenvalue weighted by atomic mass is 9.48. The molecule has 0 heterocycles. The van der Waals surface area contributed by atoms with Gasteiger partial charge in [0.1, 0.15) is 12.0 Å². The molecule has 1 aromatic rings. The number of carbonyl (C=O) groups is 2. The van der Waals surface area contributed by atoms with Crippen LogP contribution in [0, 0.1) is 28.1 Å². The summed E-state index contributed by atoms with van der Waals surface area (Å²) >= 11 is 0. The minimum atomic E-state index is -2.49. The number of hydrogen-bond acceptors (Lipinski definition) is 6. The monoisotopic (exact) mass is 626 g/mol. The Balaban J connectivity index is 2.52. The first-order valence-electron chi connectivity index (χ1n) is 15.4.